The molecule has 0 bridgehead atoms. The van der Waals surface area contributed by atoms with E-state index in [9.17, 15) is 26.4 Å². The number of nitrogens with two attached hydrogens (primary N) is 1. The van der Waals surface area contributed by atoms with Gasteiger partial charge >= 0.3 is 12.2 Å². The van der Waals surface area contributed by atoms with Crippen LogP contribution in [0.4, 0.5) is 23.7 Å². The van der Waals surface area contributed by atoms with Crippen LogP contribution in [0.1, 0.15) is 22.7 Å². The van der Waals surface area contributed by atoms with Crippen LogP contribution in [0.3, 0.4) is 0 Å². The van der Waals surface area contributed by atoms with Crippen LogP contribution in [-0.4, -0.2) is 38.2 Å². The zero-order chi connectivity index (χ0) is 21.4. The van der Waals surface area contributed by atoms with Gasteiger partial charge in [-0.3, -0.25) is 4.90 Å². The first-order valence-corrected chi connectivity index (χ1v) is 10.5. The molecule has 3 rings (SSSR count). The molecular formula is C19H20F3N3O3S. The largest absolute Gasteiger partial charge is 0.416 e. The summed E-state index contributed by atoms with van der Waals surface area (Å²) in [5, 5.41) is 5.03. The Labute approximate surface area is 166 Å². The molecule has 0 radical (unpaired) electrons. The third kappa shape index (κ3) is 4.88. The van der Waals surface area contributed by atoms with E-state index in [-0.39, 0.29) is 13.1 Å². The molecule has 1 aliphatic rings. The number of primary sulfonamides is 1. The second kappa shape index (κ2) is 7.68. The van der Waals surface area contributed by atoms with E-state index < -0.39 is 39.6 Å². The SMILES string of the molecule is Cc1ccc(N2C(=O)N(CCS(N)(=O)=O)C[C@@H]2c2cccc(C(F)(F)F)c2)cc1. The predicted molar refractivity (Wildman–Crippen MR) is 103 cm³/mol. The van der Waals surface area contributed by atoms with Gasteiger partial charge in [0.1, 0.15) is 0 Å². The molecule has 1 saturated heterocycles. The minimum absolute atomic E-state index is 0.0452. The van der Waals surface area contributed by atoms with Crippen molar-refractivity contribution >= 4 is 21.7 Å². The van der Waals surface area contributed by atoms with Crippen molar-refractivity contribution in [3.05, 3.63) is 65.2 Å². The van der Waals surface area contributed by atoms with Crippen LogP contribution in [0.25, 0.3) is 0 Å². The standard InChI is InChI=1S/C19H20F3N3O3S/c1-13-5-7-16(8-6-13)25-17(12-24(18(25)26)9-10-29(23,27)28)14-3-2-4-15(11-14)19(20,21)22/h2-8,11,17H,9-10,12H2,1H3,(H2,23,27,28)/t17-/m1/s1. The van der Waals surface area contributed by atoms with E-state index in [2.05, 4.69) is 0 Å². The van der Waals surface area contributed by atoms with Crippen LogP contribution in [-0.2, 0) is 16.2 Å². The molecule has 2 aromatic rings. The van der Waals surface area contributed by atoms with Crippen molar-refractivity contribution in [1.82, 2.24) is 4.90 Å². The number of nitrogens with zero attached hydrogens (tertiary/aromatic N) is 2. The summed E-state index contributed by atoms with van der Waals surface area (Å²) in [5.41, 5.74) is 0.976. The molecule has 156 valence electrons. The molecule has 0 saturated carbocycles. The Morgan fingerprint density at radius 2 is 1.79 bits per heavy atom. The molecule has 29 heavy (non-hydrogen) atoms. The number of urea groups is 1. The maximum Gasteiger partial charge on any atom is 0.416 e. The van der Waals surface area contributed by atoms with E-state index >= 15 is 0 Å². The van der Waals surface area contributed by atoms with Gasteiger partial charge in [-0.25, -0.2) is 18.4 Å². The molecule has 10 heteroatoms. The highest BCUT2D eigenvalue weighted by molar-refractivity contribution is 7.89. The summed E-state index contributed by atoms with van der Waals surface area (Å²) in [6.45, 7) is 1.78. The van der Waals surface area contributed by atoms with Crippen molar-refractivity contribution in [3.8, 4) is 0 Å². The van der Waals surface area contributed by atoms with Gasteiger partial charge in [-0.1, -0.05) is 29.8 Å². The normalized spacial score (nSPS) is 17.8. The molecule has 0 spiro atoms. The summed E-state index contributed by atoms with van der Waals surface area (Å²) >= 11 is 0. The average Bonchev–Trinajstić information content (AvgIpc) is 2.96. The summed E-state index contributed by atoms with van der Waals surface area (Å²) in [6, 6.07) is 10.6. The van der Waals surface area contributed by atoms with E-state index in [1.54, 1.807) is 24.3 Å². The number of alkyl halides is 3. The summed E-state index contributed by atoms with van der Waals surface area (Å²) in [7, 11) is -3.79. The van der Waals surface area contributed by atoms with Gasteiger partial charge in [0.25, 0.3) is 0 Å². The van der Waals surface area contributed by atoms with Crippen molar-refractivity contribution in [2.45, 2.75) is 19.1 Å². The van der Waals surface area contributed by atoms with E-state index in [0.29, 0.717) is 11.3 Å². The molecular weight excluding hydrogens is 407 g/mol. The first kappa shape index (κ1) is 21.1. The van der Waals surface area contributed by atoms with Gasteiger partial charge < -0.3 is 4.90 Å². The highest BCUT2D eigenvalue weighted by Gasteiger charge is 2.40. The fraction of sp³-hybridized carbons (Fsp3) is 0.316. The number of hydrogen-bond donors (Lipinski definition) is 1. The van der Waals surface area contributed by atoms with Gasteiger partial charge in [0.2, 0.25) is 10.0 Å². The quantitative estimate of drug-likeness (QED) is 0.795. The van der Waals surface area contributed by atoms with Gasteiger partial charge in [0.15, 0.2) is 0 Å². The zero-order valence-corrected chi connectivity index (χ0v) is 16.4. The highest BCUT2D eigenvalue weighted by atomic mass is 32.2. The molecule has 1 heterocycles. The number of carbonyl (C=O) groups is 1. The Balaban J connectivity index is 1.99. The van der Waals surface area contributed by atoms with Gasteiger partial charge in [-0.05, 0) is 36.8 Å². The van der Waals surface area contributed by atoms with Gasteiger partial charge in [0, 0.05) is 18.8 Å². The highest BCUT2D eigenvalue weighted by Crippen LogP contribution is 2.37. The number of hydrogen-bond acceptors (Lipinski definition) is 3. The number of rotatable bonds is 5. The maximum atomic E-state index is 13.2. The summed E-state index contributed by atoms with van der Waals surface area (Å²) < 4.78 is 62.0. The van der Waals surface area contributed by atoms with Crippen molar-refractivity contribution < 1.29 is 26.4 Å². The van der Waals surface area contributed by atoms with Crippen LogP contribution in [0.15, 0.2) is 48.5 Å². The molecule has 0 aromatic heterocycles. The fourth-order valence-electron chi connectivity index (χ4n) is 3.25. The van der Waals surface area contributed by atoms with Crippen LogP contribution < -0.4 is 10.0 Å². The Morgan fingerprint density at radius 1 is 1.14 bits per heavy atom. The van der Waals surface area contributed by atoms with Crippen LogP contribution >= 0.6 is 0 Å². The van der Waals surface area contributed by atoms with Crippen molar-refractivity contribution in [1.29, 1.82) is 0 Å². The van der Waals surface area contributed by atoms with Gasteiger partial charge in [-0.15, -0.1) is 0 Å². The Bertz CT molecular complexity index is 1010. The first-order valence-electron chi connectivity index (χ1n) is 8.78. The van der Waals surface area contributed by atoms with Crippen LogP contribution in [0.5, 0.6) is 0 Å². The Morgan fingerprint density at radius 3 is 2.38 bits per heavy atom. The summed E-state index contributed by atoms with van der Waals surface area (Å²) in [4.78, 5) is 15.6. The number of amides is 2. The molecule has 6 nitrogen and oxygen atoms in total. The molecule has 1 fully saturated rings. The maximum absolute atomic E-state index is 13.2. The molecule has 0 unspecified atom stereocenters. The number of sulfonamides is 1. The molecule has 2 N–H and O–H groups in total. The number of benzene rings is 2. The minimum atomic E-state index is -4.51. The number of anilines is 1. The van der Waals surface area contributed by atoms with Crippen LogP contribution in [0, 0.1) is 6.92 Å². The molecule has 1 atom stereocenters. The lowest BCUT2D eigenvalue weighted by Crippen LogP contribution is -2.36. The third-order valence-corrected chi connectivity index (χ3v) is 5.49. The van der Waals surface area contributed by atoms with Gasteiger partial charge in [-0.2, -0.15) is 13.2 Å². The topological polar surface area (TPSA) is 83.7 Å². The monoisotopic (exact) mass is 427 g/mol. The Kier molecular flexibility index (Phi) is 5.59. The molecule has 0 aliphatic carbocycles. The van der Waals surface area contributed by atoms with Crippen LogP contribution in [0.2, 0.25) is 0 Å². The second-order valence-corrected chi connectivity index (χ2v) is 8.67. The lowest BCUT2D eigenvalue weighted by atomic mass is 10.0. The average molecular weight is 427 g/mol. The van der Waals surface area contributed by atoms with E-state index in [1.807, 2.05) is 6.92 Å². The summed E-state index contributed by atoms with van der Waals surface area (Å²) in [6.07, 6.45) is -4.51. The van der Waals surface area contributed by atoms with E-state index in [1.165, 1.54) is 21.9 Å². The number of aryl methyl sites for hydroxylation is 1. The van der Waals surface area contributed by atoms with Crippen molar-refractivity contribution in [3.63, 3.8) is 0 Å². The van der Waals surface area contributed by atoms with Crippen molar-refractivity contribution in [2.24, 2.45) is 5.14 Å². The smallest absolute Gasteiger partial charge is 0.321 e. The fourth-order valence-corrected chi connectivity index (χ4v) is 3.73. The minimum Gasteiger partial charge on any atom is -0.321 e. The molecule has 2 amide bonds. The first-order chi connectivity index (χ1) is 13.5. The number of halogens is 3. The lowest BCUT2D eigenvalue weighted by Gasteiger charge is -2.24. The molecule has 1 aliphatic heterocycles. The Hall–Kier alpha value is -2.59. The predicted octanol–water partition coefficient (Wildman–Crippen LogP) is 3.29. The third-order valence-electron chi connectivity index (χ3n) is 4.74. The van der Waals surface area contributed by atoms with E-state index in [4.69, 9.17) is 5.14 Å². The van der Waals surface area contributed by atoms with Gasteiger partial charge in [0.05, 0.1) is 17.4 Å². The zero-order valence-electron chi connectivity index (χ0n) is 15.6. The second-order valence-electron chi connectivity index (χ2n) is 6.94. The number of carbonyl (C=O) groups excluding carboxylic acids is 1. The molecule has 2 aromatic carbocycles. The van der Waals surface area contributed by atoms with Crippen molar-refractivity contribution in [2.75, 3.05) is 23.7 Å². The van der Waals surface area contributed by atoms with E-state index in [0.717, 1.165) is 17.7 Å². The lowest BCUT2D eigenvalue weighted by molar-refractivity contribution is -0.137. The summed E-state index contributed by atoms with van der Waals surface area (Å²) in [5.74, 6) is -0.435.